The standard InChI is InChI=1S/C17H26N2/c1-5-6-14(2)9-11-19-12-10-15-13-16(18(3)4)7-8-17(15)19/h7-8,10,12-14H,5-6,9,11H2,1-4H3. The van der Waals surface area contributed by atoms with Gasteiger partial charge in [-0.2, -0.15) is 0 Å². The molecule has 2 rings (SSSR count). The highest BCUT2D eigenvalue weighted by molar-refractivity contribution is 5.83. The minimum Gasteiger partial charge on any atom is -0.378 e. The van der Waals surface area contributed by atoms with Crippen molar-refractivity contribution in [1.82, 2.24) is 4.57 Å². The van der Waals surface area contributed by atoms with Crippen LogP contribution in [-0.4, -0.2) is 18.7 Å². The van der Waals surface area contributed by atoms with Crippen LogP contribution in [0.4, 0.5) is 5.69 Å². The average Bonchev–Trinajstić information content (AvgIpc) is 2.79. The third kappa shape index (κ3) is 3.31. The summed E-state index contributed by atoms with van der Waals surface area (Å²) in [7, 11) is 4.18. The highest BCUT2D eigenvalue weighted by Gasteiger charge is 2.05. The molecule has 0 aliphatic carbocycles. The van der Waals surface area contributed by atoms with Crippen LogP contribution in [0.25, 0.3) is 10.9 Å². The molecule has 0 spiro atoms. The second kappa shape index (κ2) is 6.14. The van der Waals surface area contributed by atoms with E-state index in [1.165, 1.54) is 35.9 Å². The Labute approximate surface area is 117 Å². The Morgan fingerprint density at radius 3 is 2.63 bits per heavy atom. The van der Waals surface area contributed by atoms with E-state index in [0.29, 0.717) is 0 Å². The maximum atomic E-state index is 2.39. The Bertz CT molecular complexity index is 525. The van der Waals surface area contributed by atoms with E-state index < -0.39 is 0 Å². The molecule has 2 nitrogen and oxygen atoms in total. The van der Waals surface area contributed by atoms with Crippen molar-refractivity contribution in [2.75, 3.05) is 19.0 Å². The minimum atomic E-state index is 0.823. The lowest BCUT2D eigenvalue weighted by molar-refractivity contribution is 0.452. The fourth-order valence-corrected chi connectivity index (χ4v) is 2.66. The van der Waals surface area contributed by atoms with E-state index in [1.807, 2.05) is 0 Å². The van der Waals surface area contributed by atoms with E-state index in [1.54, 1.807) is 0 Å². The Balaban J connectivity index is 2.12. The van der Waals surface area contributed by atoms with Crippen molar-refractivity contribution in [3.63, 3.8) is 0 Å². The fraction of sp³-hybridized carbons (Fsp3) is 0.529. The lowest BCUT2D eigenvalue weighted by Gasteiger charge is -2.14. The van der Waals surface area contributed by atoms with Crippen molar-refractivity contribution in [2.45, 2.75) is 39.7 Å². The Morgan fingerprint density at radius 2 is 1.95 bits per heavy atom. The summed E-state index contributed by atoms with van der Waals surface area (Å²) in [5.74, 6) is 0.823. The topological polar surface area (TPSA) is 8.17 Å². The molecule has 0 amide bonds. The number of aryl methyl sites for hydroxylation is 1. The first-order valence-corrected chi connectivity index (χ1v) is 7.38. The second-order valence-electron chi connectivity index (χ2n) is 5.83. The van der Waals surface area contributed by atoms with Crippen molar-refractivity contribution < 1.29 is 0 Å². The number of rotatable bonds is 6. The molecule has 2 heteroatoms. The maximum absolute atomic E-state index is 2.39. The summed E-state index contributed by atoms with van der Waals surface area (Å²) in [4.78, 5) is 2.15. The zero-order chi connectivity index (χ0) is 13.8. The predicted octanol–water partition coefficient (Wildman–Crippen LogP) is 4.53. The third-order valence-corrected chi connectivity index (χ3v) is 3.92. The quantitative estimate of drug-likeness (QED) is 0.739. The van der Waals surface area contributed by atoms with Gasteiger partial charge in [0, 0.05) is 43.4 Å². The van der Waals surface area contributed by atoms with Crippen molar-refractivity contribution in [3.8, 4) is 0 Å². The summed E-state index contributed by atoms with van der Waals surface area (Å²) >= 11 is 0. The van der Waals surface area contributed by atoms with Crippen molar-refractivity contribution >= 4 is 16.6 Å². The van der Waals surface area contributed by atoms with Crippen molar-refractivity contribution in [1.29, 1.82) is 0 Å². The van der Waals surface area contributed by atoms with Gasteiger partial charge in [-0.15, -0.1) is 0 Å². The molecule has 0 aliphatic heterocycles. The molecule has 0 saturated heterocycles. The lowest BCUT2D eigenvalue weighted by Crippen LogP contribution is -2.08. The van der Waals surface area contributed by atoms with Crippen LogP contribution in [0.1, 0.15) is 33.1 Å². The molecule has 19 heavy (non-hydrogen) atoms. The van der Waals surface area contributed by atoms with Gasteiger partial charge in [-0.25, -0.2) is 0 Å². The zero-order valence-electron chi connectivity index (χ0n) is 12.7. The SMILES string of the molecule is CCCC(C)CCn1ccc2cc(N(C)C)ccc21. The highest BCUT2D eigenvalue weighted by atomic mass is 15.1. The lowest BCUT2D eigenvalue weighted by atomic mass is 10.0. The van der Waals surface area contributed by atoms with E-state index in [9.17, 15) is 0 Å². The maximum Gasteiger partial charge on any atom is 0.0481 e. The summed E-state index contributed by atoms with van der Waals surface area (Å²) in [6, 6.07) is 8.94. The van der Waals surface area contributed by atoms with Gasteiger partial charge >= 0.3 is 0 Å². The van der Waals surface area contributed by atoms with Gasteiger partial charge in [-0.05, 0) is 36.6 Å². The molecule has 0 saturated carbocycles. The van der Waals surface area contributed by atoms with Gasteiger partial charge in [0.05, 0.1) is 0 Å². The van der Waals surface area contributed by atoms with Gasteiger partial charge in [-0.3, -0.25) is 0 Å². The van der Waals surface area contributed by atoms with E-state index in [2.05, 4.69) is 67.9 Å². The number of hydrogen-bond acceptors (Lipinski definition) is 1. The molecule has 2 aromatic rings. The summed E-state index contributed by atoms with van der Waals surface area (Å²) < 4.78 is 2.39. The number of fused-ring (bicyclic) bond motifs is 1. The third-order valence-electron chi connectivity index (χ3n) is 3.92. The number of anilines is 1. The summed E-state index contributed by atoms with van der Waals surface area (Å²) in [6.07, 6.45) is 6.12. The molecule has 1 atom stereocenters. The molecule has 1 unspecified atom stereocenters. The van der Waals surface area contributed by atoms with Gasteiger partial charge in [0.1, 0.15) is 0 Å². The number of benzene rings is 1. The Hall–Kier alpha value is -1.44. The first kappa shape index (κ1) is 14.0. The normalized spacial score (nSPS) is 12.8. The van der Waals surface area contributed by atoms with Crippen LogP contribution in [0.15, 0.2) is 30.5 Å². The molecule has 0 N–H and O–H groups in total. The predicted molar refractivity (Wildman–Crippen MR) is 85.0 cm³/mol. The van der Waals surface area contributed by atoms with Gasteiger partial charge in [0.25, 0.3) is 0 Å². The molecule has 1 aromatic carbocycles. The number of hydrogen-bond donors (Lipinski definition) is 0. The number of nitrogens with zero attached hydrogens (tertiary/aromatic N) is 2. The first-order chi connectivity index (χ1) is 9.11. The van der Waals surface area contributed by atoms with Gasteiger partial charge < -0.3 is 9.47 Å². The van der Waals surface area contributed by atoms with Crippen LogP contribution in [0.3, 0.4) is 0 Å². The Morgan fingerprint density at radius 1 is 1.16 bits per heavy atom. The van der Waals surface area contributed by atoms with Crippen molar-refractivity contribution in [3.05, 3.63) is 30.5 Å². The molecule has 0 bridgehead atoms. The smallest absolute Gasteiger partial charge is 0.0481 e. The Kier molecular flexibility index (Phi) is 4.52. The van der Waals surface area contributed by atoms with Crippen LogP contribution >= 0.6 is 0 Å². The largest absolute Gasteiger partial charge is 0.378 e. The van der Waals surface area contributed by atoms with Crippen LogP contribution in [-0.2, 0) is 6.54 Å². The van der Waals surface area contributed by atoms with Gasteiger partial charge in [0.15, 0.2) is 0 Å². The summed E-state index contributed by atoms with van der Waals surface area (Å²) in [5.41, 5.74) is 2.62. The van der Waals surface area contributed by atoms with E-state index in [-0.39, 0.29) is 0 Å². The number of aromatic nitrogens is 1. The second-order valence-corrected chi connectivity index (χ2v) is 5.83. The zero-order valence-corrected chi connectivity index (χ0v) is 12.7. The van der Waals surface area contributed by atoms with E-state index in [0.717, 1.165) is 12.5 Å². The summed E-state index contributed by atoms with van der Waals surface area (Å²) in [6.45, 7) is 5.76. The van der Waals surface area contributed by atoms with Crippen LogP contribution in [0.2, 0.25) is 0 Å². The van der Waals surface area contributed by atoms with Gasteiger partial charge in [-0.1, -0.05) is 26.7 Å². The van der Waals surface area contributed by atoms with Crippen LogP contribution in [0, 0.1) is 5.92 Å². The monoisotopic (exact) mass is 258 g/mol. The molecule has 0 radical (unpaired) electrons. The van der Waals surface area contributed by atoms with E-state index >= 15 is 0 Å². The average molecular weight is 258 g/mol. The molecular weight excluding hydrogens is 232 g/mol. The molecule has 0 aliphatic rings. The van der Waals surface area contributed by atoms with E-state index in [4.69, 9.17) is 0 Å². The molecule has 0 fully saturated rings. The van der Waals surface area contributed by atoms with Crippen molar-refractivity contribution in [2.24, 2.45) is 5.92 Å². The van der Waals surface area contributed by atoms with Crippen LogP contribution in [0.5, 0.6) is 0 Å². The first-order valence-electron chi connectivity index (χ1n) is 7.38. The van der Waals surface area contributed by atoms with Crippen LogP contribution < -0.4 is 4.90 Å². The molecule has 104 valence electrons. The minimum absolute atomic E-state index is 0.823. The molecule has 1 heterocycles. The molecule has 1 aromatic heterocycles. The van der Waals surface area contributed by atoms with Gasteiger partial charge in [0.2, 0.25) is 0 Å². The highest BCUT2D eigenvalue weighted by Crippen LogP contribution is 2.23. The summed E-state index contributed by atoms with van der Waals surface area (Å²) in [5, 5.41) is 1.34. The fourth-order valence-electron chi connectivity index (χ4n) is 2.66. The molecular formula is C17H26N2.